The van der Waals surface area contributed by atoms with Gasteiger partial charge in [-0.05, 0) is 18.9 Å². The van der Waals surface area contributed by atoms with Gasteiger partial charge in [0, 0.05) is 30.1 Å². The molecule has 0 saturated carbocycles. The first kappa shape index (κ1) is 16.7. The van der Waals surface area contributed by atoms with Crippen LogP contribution in [0.3, 0.4) is 0 Å². The van der Waals surface area contributed by atoms with Crippen molar-refractivity contribution in [2.24, 2.45) is 5.92 Å². The highest BCUT2D eigenvalue weighted by molar-refractivity contribution is 5.94. The molecule has 0 bridgehead atoms. The standard InChI is InChI=1S/C17H19N5O3/c1-9(2)16(20-17(25)11-4-5-14(23)18-8-11)12-7-15(24)22-13(19-12)6-10(3)21-22/h4-9,16,21H,1-3H3,(H,18,23)(H,20,25). The Morgan fingerprint density at radius 2 is 2.00 bits per heavy atom. The Morgan fingerprint density at radius 1 is 1.24 bits per heavy atom. The number of hydrogen-bond donors (Lipinski definition) is 3. The van der Waals surface area contributed by atoms with Crippen molar-refractivity contribution in [3.63, 3.8) is 0 Å². The maximum atomic E-state index is 12.4. The Kier molecular flexibility index (Phi) is 4.26. The highest BCUT2D eigenvalue weighted by Crippen LogP contribution is 2.20. The third-order valence-electron chi connectivity index (χ3n) is 3.92. The summed E-state index contributed by atoms with van der Waals surface area (Å²) in [4.78, 5) is 42.8. The van der Waals surface area contributed by atoms with Gasteiger partial charge in [-0.15, -0.1) is 0 Å². The summed E-state index contributed by atoms with van der Waals surface area (Å²) in [5, 5.41) is 5.80. The van der Waals surface area contributed by atoms with E-state index in [0.29, 0.717) is 16.9 Å². The van der Waals surface area contributed by atoms with Crippen LogP contribution in [0.1, 0.15) is 41.6 Å². The molecule has 0 spiro atoms. The van der Waals surface area contributed by atoms with Crippen LogP contribution in [-0.4, -0.2) is 25.5 Å². The number of aryl methyl sites for hydroxylation is 1. The molecule has 0 aromatic carbocycles. The molecular weight excluding hydrogens is 322 g/mol. The number of rotatable bonds is 4. The Morgan fingerprint density at radius 3 is 2.64 bits per heavy atom. The molecule has 0 fully saturated rings. The van der Waals surface area contributed by atoms with Gasteiger partial charge in [-0.1, -0.05) is 13.8 Å². The molecule has 0 aliphatic heterocycles. The van der Waals surface area contributed by atoms with Crippen LogP contribution in [0.25, 0.3) is 5.65 Å². The average Bonchev–Trinajstić information content (AvgIpc) is 2.93. The van der Waals surface area contributed by atoms with Gasteiger partial charge in [0.25, 0.3) is 11.5 Å². The van der Waals surface area contributed by atoms with Gasteiger partial charge in [-0.3, -0.25) is 19.5 Å². The van der Waals surface area contributed by atoms with Gasteiger partial charge < -0.3 is 10.3 Å². The molecule has 3 aromatic heterocycles. The Labute approximate surface area is 142 Å². The third kappa shape index (κ3) is 3.37. The number of aromatic amines is 2. The first-order valence-corrected chi connectivity index (χ1v) is 7.94. The van der Waals surface area contributed by atoms with E-state index in [9.17, 15) is 14.4 Å². The summed E-state index contributed by atoms with van der Waals surface area (Å²) in [5.74, 6) is -0.330. The zero-order valence-corrected chi connectivity index (χ0v) is 14.2. The molecule has 8 nitrogen and oxygen atoms in total. The van der Waals surface area contributed by atoms with Crippen LogP contribution >= 0.6 is 0 Å². The summed E-state index contributed by atoms with van der Waals surface area (Å²) in [6.07, 6.45) is 1.36. The van der Waals surface area contributed by atoms with E-state index in [0.717, 1.165) is 5.69 Å². The number of amides is 1. The molecule has 25 heavy (non-hydrogen) atoms. The van der Waals surface area contributed by atoms with Crippen LogP contribution in [-0.2, 0) is 0 Å². The number of carbonyl (C=O) groups excluding carboxylic acids is 1. The van der Waals surface area contributed by atoms with Crippen LogP contribution in [0.4, 0.5) is 0 Å². The summed E-state index contributed by atoms with van der Waals surface area (Å²) in [5.41, 5.74) is 1.64. The van der Waals surface area contributed by atoms with Crippen molar-refractivity contribution < 1.29 is 4.79 Å². The van der Waals surface area contributed by atoms with Crippen LogP contribution in [0, 0.1) is 12.8 Å². The van der Waals surface area contributed by atoms with Crippen LogP contribution < -0.4 is 16.4 Å². The minimum atomic E-state index is -0.438. The van der Waals surface area contributed by atoms with Gasteiger partial charge in [0.15, 0.2) is 5.65 Å². The molecule has 1 amide bonds. The molecule has 0 aliphatic carbocycles. The predicted octanol–water partition coefficient (Wildman–Crippen LogP) is 1.15. The van der Waals surface area contributed by atoms with Crippen LogP contribution in [0.2, 0.25) is 0 Å². The summed E-state index contributed by atoms with van der Waals surface area (Å²) in [6, 6.07) is 5.49. The van der Waals surface area contributed by atoms with Gasteiger partial charge in [-0.25, -0.2) is 9.50 Å². The Hall–Kier alpha value is -3.16. The highest BCUT2D eigenvalue weighted by Gasteiger charge is 2.22. The number of carbonyl (C=O) groups is 1. The number of fused-ring (bicyclic) bond motifs is 1. The van der Waals surface area contributed by atoms with Crippen molar-refractivity contribution in [1.29, 1.82) is 0 Å². The number of hydrogen-bond acceptors (Lipinski definition) is 4. The fourth-order valence-corrected chi connectivity index (χ4v) is 2.65. The van der Waals surface area contributed by atoms with E-state index in [2.05, 4.69) is 20.4 Å². The van der Waals surface area contributed by atoms with Gasteiger partial charge in [0.1, 0.15) is 0 Å². The first-order chi connectivity index (χ1) is 11.8. The second-order valence-corrected chi connectivity index (χ2v) is 6.29. The molecule has 0 radical (unpaired) electrons. The molecule has 3 aromatic rings. The summed E-state index contributed by atoms with van der Waals surface area (Å²) in [6.45, 7) is 5.71. The SMILES string of the molecule is Cc1cc2nc(C(NC(=O)c3ccc(=O)[nH]c3)C(C)C)cc(=O)n2[nH]1. The number of nitrogens with zero attached hydrogens (tertiary/aromatic N) is 2. The maximum absolute atomic E-state index is 12.4. The van der Waals surface area contributed by atoms with E-state index < -0.39 is 6.04 Å². The second-order valence-electron chi connectivity index (χ2n) is 6.29. The first-order valence-electron chi connectivity index (χ1n) is 7.94. The lowest BCUT2D eigenvalue weighted by Crippen LogP contribution is -2.33. The van der Waals surface area contributed by atoms with Crippen molar-refractivity contribution in [3.05, 3.63) is 68.1 Å². The normalized spacial score (nSPS) is 12.5. The fourth-order valence-electron chi connectivity index (χ4n) is 2.65. The van der Waals surface area contributed by atoms with Gasteiger partial charge in [0.05, 0.1) is 17.3 Å². The zero-order chi connectivity index (χ0) is 18.1. The number of nitrogens with one attached hydrogen (secondary N) is 3. The van der Waals surface area contributed by atoms with E-state index in [1.165, 1.54) is 28.9 Å². The molecular formula is C17H19N5O3. The predicted molar refractivity (Wildman–Crippen MR) is 92.7 cm³/mol. The van der Waals surface area contributed by atoms with Crippen LogP contribution in [0.15, 0.2) is 40.1 Å². The smallest absolute Gasteiger partial charge is 0.272 e. The van der Waals surface area contributed by atoms with E-state index in [1.807, 2.05) is 20.8 Å². The summed E-state index contributed by atoms with van der Waals surface area (Å²) in [7, 11) is 0. The molecule has 1 unspecified atom stereocenters. The van der Waals surface area contributed by atoms with Crippen molar-refractivity contribution in [2.45, 2.75) is 26.8 Å². The van der Waals surface area contributed by atoms with Gasteiger partial charge in [0.2, 0.25) is 5.56 Å². The topological polar surface area (TPSA) is 112 Å². The lowest BCUT2D eigenvalue weighted by Gasteiger charge is -2.21. The molecule has 3 heterocycles. The number of H-pyrrole nitrogens is 2. The van der Waals surface area contributed by atoms with Gasteiger partial charge >= 0.3 is 0 Å². The van der Waals surface area contributed by atoms with Gasteiger partial charge in [-0.2, -0.15) is 0 Å². The van der Waals surface area contributed by atoms with E-state index in [-0.39, 0.29) is 22.9 Å². The molecule has 1 atom stereocenters. The monoisotopic (exact) mass is 341 g/mol. The third-order valence-corrected chi connectivity index (χ3v) is 3.92. The number of aromatic nitrogens is 4. The summed E-state index contributed by atoms with van der Waals surface area (Å²) < 4.78 is 1.36. The quantitative estimate of drug-likeness (QED) is 0.660. The molecule has 0 saturated heterocycles. The second kappa shape index (κ2) is 6.39. The van der Waals surface area contributed by atoms with Crippen molar-refractivity contribution in [3.8, 4) is 0 Å². The van der Waals surface area contributed by atoms with Crippen molar-refractivity contribution in [1.82, 2.24) is 24.9 Å². The minimum absolute atomic E-state index is 0.0149. The molecule has 3 rings (SSSR count). The molecule has 8 heteroatoms. The van der Waals surface area contributed by atoms with E-state index >= 15 is 0 Å². The molecule has 3 N–H and O–H groups in total. The van der Waals surface area contributed by atoms with Crippen molar-refractivity contribution in [2.75, 3.05) is 0 Å². The maximum Gasteiger partial charge on any atom is 0.272 e. The van der Waals surface area contributed by atoms with E-state index in [4.69, 9.17) is 0 Å². The largest absolute Gasteiger partial charge is 0.343 e. The Balaban J connectivity index is 1.96. The minimum Gasteiger partial charge on any atom is -0.343 e. The fraction of sp³-hybridized carbons (Fsp3) is 0.294. The molecule has 130 valence electrons. The summed E-state index contributed by atoms with van der Waals surface area (Å²) >= 11 is 0. The Bertz CT molecular complexity index is 1020. The lowest BCUT2D eigenvalue weighted by molar-refractivity contribution is 0.0924. The average molecular weight is 341 g/mol. The van der Waals surface area contributed by atoms with Crippen LogP contribution in [0.5, 0.6) is 0 Å². The zero-order valence-electron chi connectivity index (χ0n) is 14.2. The highest BCUT2D eigenvalue weighted by atomic mass is 16.2. The lowest BCUT2D eigenvalue weighted by atomic mass is 10.00. The van der Waals surface area contributed by atoms with E-state index in [1.54, 1.807) is 6.07 Å². The van der Waals surface area contributed by atoms with Crippen molar-refractivity contribution >= 4 is 11.6 Å². The molecule has 0 aliphatic rings. The number of pyridine rings is 1.